The van der Waals surface area contributed by atoms with E-state index in [1.165, 1.54) is 19.3 Å². The molecular weight excluding hydrogens is 252 g/mol. The van der Waals surface area contributed by atoms with Gasteiger partial charge in [-0.15, -0.1) is 0 Å². The number of aliphatic carboxylic acids is 2. The summed E-state index contributed by atoms with van der Waals surface area (Å²) < 4.78 is 0. The molecule has 4 N–H and O–H groups in total. The predicted octanol–water partition coefficient (Wildman–Crippen LogP) is 1.88. The van der Waals surface area contributed by atoms with Crippen LogP contribution in [0.1, 0.15) is 58.8 Å². The Bertz CT molecular complexity index is 166. The monoisotopic (exact) mass is 280 g/mol. The van der Waals surface area contributed by atoms with Gasteiger partial charge in [-0.3, -0.25) is 9.59 Å². The number of carboxylic acids is 2. The van der Waals surface area contributed by atoms with E-state index in [0.717, 1.165) is 39.5 Å². The molecule has 0 aromatic heterocycles. The summed E-state index contributed by atoms with van der Waals surface area (Å²) in [5, 5.41) is 31.8. The highest BCUT2D eigenvalue weighted by Gasteiger charge is 1.89. The molecule has 0 aromatic rings. The SMILES string of the molecule is CC(=O)O.CC(=O)O.OCCCCCCCCCO. The van der Waals surface area contributed by atoms with Gasteiger partial charge in [-0.2, -0.15) is 0 Å². The Balaban J connectivity index is -0.000000264. The molecule has 0 fully saturated rings. The van der Waals surface area contributed by atoms with E-state index in [1.807, 2.05) is 0 Å². The Morgan fingerprint density at radius 3 is 0.947 bits per heavy atom. The molecule has 0 saturated carbocycles. The van der Waals surface area contributed by atoms with Gasteiger partial charge in [-0.25, -0.2) is 0 Å². The zero-order valence-electron chi connectivity index (χ0n) is 12.0. The summed E-state index contributed by atoms with van der Waals surface area (Å²) in [6.45, 7) is 2.83. The third-order valence-electron chi connectivity index (χ3n) is 1.82. The topological polar surface area (TPSA) is 115 Å². The minimum atomic E-state index is -0.833. The van der Waals surface area contributed by atoms with Gasteiger partial charge in [-0.05, 0) is 12.8 Å². The van der Waals surface area contributed by atoms with Gasteiger partial charge >= 0.3 is 0 Å². The second kappa shape index (κ2) is 22.1. The largest absolute Gasteiger partial charge is 0.481 e. The standard InChI is InChI=1S/C9H20O2.2C2H4O2/c10-8-6-4-2-1-3-5-7-9-11;2*1-2(3)4/h10-11H,1-9H2;2*1H3,(H,3,4). The second-order valence-electron chi connectivity index (χ2n) is 3.96. The highest BCUT2D eigenvalue weighted by atomic mass is 16.4. The number of aliphatic hydroxyl groups excluding tert-OH is 2. The van der Waals surface area contributed by atoms with Crippen LogP contribution in [0.2, 0.25) is 0 Å². The van der Waals surface area contributed by atoms with Crippen molar-refractivity contribution in [2.45, 2.75) is 58.8 Å². The van der Waals surface area contributed by atoms with E-state index in [9.17, 15) is 0 Å². The quantitative estimate of drug-likeness (QED) is 0.505. The first-order chi connectivity index (χ1) is 8.88. The van der Waals surface area contributed by atoms with Crippen LogP contribution in [-0.4, -0.2) is 45.6 Å². The van der Waals surface area contributed by atoms with Crippen molar-refractivity contribution in [3.8, 4) is 0 Å². The molecule has 0 aromatic carbocycles. The second-order valence-corrected chi connectivity index (χ2v) is 3.96. The van der Waals surface area contributed by atoms with Crippen LogP contribution in [0.25, 0.3) is 0 Å². The molecule has 0 rings (SSSR count). The molecule has 0 amide bonds. The minimum Gasteiger partial charge on any atom is -0.481 e. The van der Waals surface area contributed by atoms with E-state index >= 15 is 0 Å². The van der Waals surface area contributed by atoms with Gasteiger partial charge in [0, 0.05) is 27.1 Å². The molecule has 0 aliphatic carbocycles. The van der Waals surface area contributed by atoms with E-state index in [4.69, 9.17) is 30.0 Å². The summed E-state index contributed by atoms with van der Waals surface area (Å²) in [6, 6.07) is 0. The molecule has 0 aliphatic rings. The number of aliphatic hydroxyl groups is 2. The van der Waals surface area contributed by atoms with Crippen LogP contribution in [-0.2, 0) is 9.59 Å². The molecular formula is C13H28O6. The lowest BCUT2D eigenvalue weighted by Crippen LogP contribution is -1.85. The Labute approximate surface area is 115 Å². The van der Waals surface area contributed by atoms with Gasteiger partial charge in [0.05, 0.1) is 0 Å². The van der Waals surface area contributed by atoms with Crippen molar-refractivity contribution < 1.29 is 30.0 Å². The average Bonchev–Trinajstić information content (AvgIpc) is 2.26. The van der Waals surface area contributed by atoms with Gasteiger partial charge in [0.15, 0.2) is 0 Å². The van der Waals surface area contributed by atoms with Crippen molar-refractivity contribution in [3.05, 3.63) is 0 Å². The summed E-state index contributed by atoms with van der Waals surface area (Å²) in [6.07, 6.45) is 7.89. The molecule has 0 spiro atoms. The fourth-order valence-electron chi connectivity index (χ4n) is 1.11. The van der Waals surface area contributed by atoms with Crippen LogP contribution >= 0.6 is 0 Å². The van der Waals surface area contributed by atoms with E-state index in [-0.39, 0.29) is 0 Å². The first-order valence-electron chi connectivity index (χ1n) is 6.49. The Morgan fingerprint density at radius 1 is 0.632 bits per heavy atom. The summed E-state index contributed by atoms with van der Waals surface area (Å²) in [7, 11) is 0. The fourth-order valence-corrected chi connectivity index (χ4v) is 1.11. The zero-order valence-corrected chi connectivity index (χ0v) is 12.0. The van der Waals surface area contributed by atoms with Crippen molar-refractivity contribution in [1.82, 2.24) is 0 Å². The van der Waals surface area contributed by atoms with Crippen LogP contribution in [0.3, 0.4) is 0 Å². The van der Waals surface area contributed by atoms with Gasteiger partial charge in [-0.1, -0.05) is 32.1 Å². The molecule has 0 atom stereocenters. The van der Waals surface area contributed by atoms with Crippen molar-refractivity contribution in [1.29, 1.82) is 0 Å². The molecule has 116 valence electrons. The maximum atomic E-state index is 9.00. The van der Waals surface area contributed by atoms with Gasteiger partial charge < -0.3 is 20.4 Å². The van der Waals surface area contributed by atoms with Crippen LogP contribution in [0, 0.1) is 0 Å². The molecule has 0 saturated heterocycles. The van der Waals surface area contributed by atoms with Crippen molar-refractivity contribution in [2.75, 3.05) is 13.2 Å². The Hall–Kier alpha value is -1.14. The lowest BCUT2D eigenvalue weighted by molar-refractivity contribution is -0.135. The van der Waals surface area contributed by atoms with E-state index in [0.29, 0.717) is 13.2 Å². The van der Waals surface area contributed by atoms with Crippen molar-refractivity contribution in [2.24, 2.45) is 0 Å². The third kappa shape index (κ3) is 79.1. The van der Waals surface area contributed by atoms with E-state index in [2.05, 4.69) is 0 Å². The molecule has 19 heavy (non-hydrogen) atoms. The number of carboxylic acid groups (broad SMARTS) is 2. The lowest BCUT2D eigenvalue weighted by Gasteiger charge is -1.98. The number of unbranched alkanes of at least 4 members (excludes halogenated alkanes) is 6. The van der Waals surface area contributed by atoms with E-state index < -0.39 is 11.9 Å². The lowest BCUT2D eigenvalue weighted by atomic mass is 10.1. The number of carbonyl (C=O) groups is 2. The zero-order chi connectivity index (χ0) is 15.5. The molecule has 0 radical (unpaired) electrons. The summed E-state index contributed by atoms with van der Waals surface area (Å²) >= 11 is 0. The third-order valence-corrected chi connectivity index (χ3v) is 1.82. The normalized spacial score (nSPS) is 8.63. The summed E-state index contributed by atoms with van der Waals surface area (Å²) in [4.78, 5) is 18.0. The van der Waals surface area contributed by atoms with Crippen LogP contribution in [0.15, 0.2) is 0 Å². The maximum Gasteiger partial charge on any atom is 0.300 e. The molecule has 0 unspecified atom stereocenters. The van der Waals surface area contributed by atoms with Crippen LogP contribution in [0.5, 0.6) is 0 Å². The Kier molecular flexibility index (Phi) is 26.7. The average molecular weight is 280 g/mol. The van der Waals surface area contributed by atoms with Gasteiger partial charge in [0.1, 0.15) is 0 Å². The molecule has 6 nitrogen and oxygen atoms in total. The number of hydrogen-bond acceptors (Lipinski definition) is 4. The molecule has 0 bridgehead atoms. The minimum absolute atomic E-state index is 0.330. The van der Waals surface area contributed by atoms with Crippen LogP contribution in [0.4, 0.5) is 0 Å². The highest BCUT2D eigenvalue weighted by molar-refractivity contribution is 5.63. The predicted molar refractivity (Wildman–Crippen MR) is 73.1 cm³/mol. The van der Waals surface area contributed by atoms with Gasteiger partial charge in [0.2, 0.25) is 0 Å². The number of rotatable bonds is 8. The first-order valence-corrected chi connectivity index (χ1v) is 6.49. The number of hydrogen-bond donors (Lipinski definition) is 4. The smallest absolute Gasteiger partial charge is 0.300 e. The molecule has 6 heteroatoms. The molecule has 0 heterocycles. The first kappa shape index (κ1) is 23.0. The van der Waals surface area contributed by atoms with Crippen LogP contribution < -0.4 is 0 Å². The highest BCUT2D eigenvalue weighted by Crippen LogP contribution is 2.06. The van der Waals surface area contributed by atoms with Gasteiger partial charge in [0.25, 0.3) is 11.9 Å². The summed E-state index contributed by atoms with van der Waals surface area (Å²) in [5.74, 6) is -1.67. The fraction of sp³-hybridized carbons (Fsp3) is 0.846. The van der Waals surface area contributed by atoms with Crippen molar-refractivity contribution in [3.63, 3.8) is 0 Å². The van der Waals surface area contributed by atoms with Crippen molar-refractivity contribution >= 4 is 11.9 Å². The van der Waals surface area contributed by atoms with E-state index in [1.54, 1.807) is 0 Å². The molecule has 0 aliphatic heterocycles. The maximum absolute atomic E-state index is 9.00. The summed E-state index contributed by atoms with van der Waals surface area (Å²) in [5.41, 5.74) is 0. The Morgan fingerprint density at radius 2 is 0.789 bits per heavy atom.